The van der Waals surface area contributed by atoms with E-state index in [0.717, 1.165) is 77.0 Å². The number of hydrogen-bond acceptors (Lipinski definition) is 5. The summed E-state index contributed by atoms with van der Waals surface area (Å²) in [5, 5.41) is 23.0. The normalized spacial score (nSPS) is 13.0. The highest BCUT2D eigenvalue weighted by Gasteiger charge is 2.18. The van der Waals surface area contributed by atoms with E-state index in [1.807, 2.05) is 6.08 Å². The maximum absolute atomic E-state index is 12.4. The van der Waals surface area contributed by atoms with Crippen molar-refractivity contribution in [2.75, 3.05) is 13.2 Å². The molecule has 0 saturated carbocycles. The van der Waals surface area contributed by atoms with Gasteiger partial charge in [0.15, 0.2) is 0 Å². The van der Waals surface area contributed by atoms with Crippen LogP contribution in [0.4, 0.5) is 0 Å². The molecule has 0 aliphatic carbocycles. The molecule has 6 nitrogen and oxygen atoms in total. The maximum atomic E-state index is 12.4. The molecule has 0 aromatic carbocycles. The van der Waals surface area contributed by atoms with Crippen molar-refractivity contribution in [2.24, 2.45) is 0 Å². The van der Waals surface area contributed by atoms with E-state index < -0.39 is 12.1 Å². The third-order valence-electron chi connectivity index (χ3n) is 11.8. The van der Waals surface area contributed by atoms with Gasteiger partial charge in [0.25, 0.3) is 0 Å². The summed E-state index contributed by atoms with van der Waals surface area (Å²) in [6.07, 6.45) is 62.6. The molecule has 0 rings (SSSR count). The van der Waals surface area contributed by atoms with Crippen molar-refractivity contribution in [3.8, 4) is 0 Å². The Morgan fingerprint density at radius 2 is 0.836 bits per heavy atom. The molecule has 6 heteroatoms. The smallest absolute Gasteiger partial charge is 0.305 e. The Morgan fingerprint density at radius 1 is 0.459 bits per heavy atom. The summed E-state index contributed by atoms with van der Waals surface area (Å²) in [5.74, 6) is -0.105. The van der Waals surface area contributed by atoms with Crippen molar-refractivity contribution in [2.45, 2.75) is 276 Å². The van der Waals surface area contributed by atoms with Crippen LogP contribution in [0.25, 0.3) is 0 Å². The molecule has 0 spiro atoms. The summed E-state index contributed by atoms with van der Waals surface area (Å²) in [6.45, 7) is 4.81. The first kappa shape index (κ1) is 58.8. The van der Waals surface area contributed by atoms with Gasteiger partial charge in [-0.3, -0.25) is 9.59 Å². The van der Waals surface area contributed by atoms with Crippen molar-refractivity contribution in [3.63, 3.8) is 0 Å². The molecule has 2 atom stereocenters. The first-order valence-electron chi connectivity index (χ1n) is 26.4. The van der Waals surface area contributed by atoms with E-state index in [1.165, 1.54) is 161 Å². The second kappa shape index (κ2) is 50.5. The third-order valence-corrected chi connectivity index (χ3v) is 11.8. The van der Waals surface area contributed by atoms with E-state index in [-0.39, 0.29) is 18.5 Å². The Bertz CT molecular complexity index is 1040. The number of aliphatic hydroxyl groups is 2. The van der Waals surface area contributed by atoms with Gasteiger partial charge in [0, 0.05) is 12.8 Å². The molecule has 0 bridgehead atoms. The number of nitrogens with one attached hydrogen (secondary N) is 1. The van der Waals surface area contributed by atoms with Crippen LogP contribution < -0.4 is 5.32 Å². The number of hydrogen-bond donors (Lipinski definition) is 3. The van der Waals surface area contributed by atoms with Gasteiger partial charge in [0.1, 0.15) is 0 Å². The monoisotopic (exact) mass is 856 g/mol. The third kappa shape index (κ3) is 47.1. The summed E-state index contributed by atoms with van der Waals surface area (Å²) in [6, 6.07) is -0.635. The van der Waals surface area contributed by atoms with Crippen molar-refractivity contribution in [1.29, 1.82) is 0 Å². The molecule has 2 unspecified atom stereocenters. The number of aliphatic hydroxyl groups excluding tert-OH is 2. The fraction of sp³-hybridized carbons (Fsp3) is 0.818. The van der Waals surface area contributed by atoms with Crippen molar-refractivity contribution >= 4 is 11.9 Å². The second-order valence-electron chi connectivity index (χ2n) is 17.9. The lowest BCUT2D eigenvalue weighted by molar-refractivity contribution is -0.143. The van der Waals surface area contributed by atoms with Crippen molar-refractivity contribution in [3.05, 3.63) is 48.6 Å². The zero-order chi connectivity index (χ0) is 44.4. The van der Waals surface area contributed by atoms with E-state index in [1.54, 1.807) is 6.08 Å². The molecule has 1 amide bonds. The number of allylic oxidation sites excluding steroid dienone is 7. The topological polar surface area (TPSA) is 95.9 Å². The lowest BCUT2D eigenvalue weighted by Gasteiger charge is -2.20. The molecule has 356 valence electrons. The second-order valence-corrected chi connectivity index (χ2v) is 17.9. The Hall–Kier alpha value is -2.18. The van der Waals surface area contributed by atoms with Gasteiger partial charge in [-0.15, -0.1) is 0 Å². The molecule has 61 heavy (non-hydrogen) atoms. The van der Waals surface area contributed by atoms with Gasteiger partial charge in [-0.05, 0) is 83.5 Å². The number of carbonyl (C=O) groups excluding carboxylic acids is 2. The zero-order valence-corrected chi connectivity index (χ0v) is 40.4. The lowest BCUT2D eigenvalue weighted by atomic mass is 10.0. The number of esters is 1. The molecule has 0 aromatic rings. The van der Waals surface area contributed by atoms with Gasteiger partial charge in [-0.1, -0.05) is 217 Å². The average molecular weight is 856 g/mol. The summed E-state index contributed by atoms with van der Waals surface area (Å²) in [4.78, 5) is 24.4. The summed E-state index contributed by atoms with van der Waals surface area (Å²) >= 11 is 0. The van der Waals surface area contributed by atoms with Crippen LogP contribution in [-0.2, 0) is 14.3 Å². The molecule has 0 aliphatic rings. The highest BCUT2D eigenvalue weighted by molar-refractivity contribution is 5.76. The molecule has 0 saturated heterocycles. The van der Waals surface area contributed by atoms with Crippen LogP contribution in [0.5, 0.6) is 0 Å². The van der Waals surface area contributed by atoms with Crippen LogP contribution in [0.3, 0.4) is 0 Å². The Kier molecular flexibility index (Phi) is 48.7. The van der Waals surface area contributed by atoms with Crippen molar-refractivity contribution in [1.82, 2.24) is 5.32 Å². The van der Waals surface area contributed by atoms with Crippen LogP contribution >= 0.6 is 0 Å². The number of ether oxygens (including phenoxy) is 1. The SMILES string of the molecule is CCCC/C=C\CCCCCCCC(=O)OCCCCC/C=C\C=C/CCCCCCCCCCCCC(=O)NC(CO)C(O)/C=C/CCCCCCCCCCCCCC. The fourth-order valence-electron chi connectivity index (χ4n) is 7.72. The van der Waals surface area contributed by atoms with Crippen LogP contribution in [-0.4, -0.2) is 47.4 Å². The number of unbranched alkanes of at least 4 members (excludes halogenated alkanes) is 32. The van der Waals surface area contributed by atoms with E-state index in [9.17, 15) is 19.8 Å². The van der Waals surface area contributed by atoms with Gasteiger partial charge in [-0.25, -0.2) is 0 Å². The minimum Gasteiger partial charge on any atom is -0.466 e. The number of rotatable bonds is 48. The van der Waals surface area contributed by atoms with Gasteiger partial charge >= 0.3 is 5.97 Å². The van der Waals surface area contributed by atoms with Gasteiger partial charge in [-0.2, -0.15) is 0 Å². The molecule has 0 aromatic heterocycles. The van der Waals surface area contributed by atoms with E-state index in [4.69, 9.17) is 4.74 Å². The molecule has 0 aliphatic heterocycles. The molecule has 0 heterocycles. The minimum atomic E-state index is -0.851. The lowest BCUT2D eigenvalue weighted by Crippen LogP contribution is -2.45. The average Bonchev–Trinajstić information content (AvgIpc) is 3.26. The van der Waals surface area contributed by atoms with Gasteiger partial charge in [0.05, 0.1) is 25.4 Å². The largest absolute Gasteiger partial charge is 0.466 e. The molecule has 3 N–H and O–H groups in total. The van der Waals surface area contributed by atoms with Crippen LogP contribution in [0.1, 0.15) is 264 Å². The molecular weight excluding hydrogens is 755 g/mol. The van der Waals surface area contributed by atoms with E-state index in [0.29, 0.717) is 19.4 Å². The molecule has 0 fully saturated rings. The highest BCUT2D eigenvalue weighted by atomic mass is 16.5. The Morgan fingerprint density at radius 3 is 1.31 bits per heavy atom. The van der Waals surface area contributed by atoms with Crippen LogP contribution in [0.2, 0.25) is 0 Å². The fourth-order valence-corrected chi connectivity index (χ4v) is 7.72. The summed E-state index contributed by atoms with van der Waals surface area (Å²) in [7, 11) is 0. The van der Waals surface area contributed by atoms with Crippen LogP contribution in [0, 0.1) is 0 Å². The molecular formula is C55H101NO5. The predicted octanol–water partition coefficient (Wildman–Crippen LogP) is 15.8. The summed E-state index contributed by atoms with van der Waals surface area (Å²) in [5.41, 5.74) is 0. The van der Waals surface area contributed by atoms with Crippen LogP contribution in [0.15, 0.2) is 48.6 Å². The van der Waals surface area contributed by atoms with Gasteiger partial charge in [0.2, 0.25) is 5.91 Å². The Balaban J connectivity index is 3.53. The Labute approximate surface area is 378 Å². The zero-order valence-electron chi connectivity index (χ0n) is 40.4. The van der Waals surface area contributed by atoms with Gasteiger partial charge < -0.3 is 20.3 Å². The number of amides is 1. The minimum absolute atomic E-state index is 0.0261. The number of carbonyl (C=O) groups is 2. The molecule has 0 radical (unpaired) electrons. The maximum Gasteiger partial charge on any atom is 0.305 e. The van der Waals surface area contributed by atoms with E-state index in [2.05, 4.69) is 55.6 Å². The summed E-state index contributed by atoms with van der Waals surface area (Å²) < 4.78 is 5.42. The highest BCUT2D eigenvalue weighted by Crippen LogP contribution is 2.15. The first-order chi connectivity index (χ1) is 30.0. The standard InChI is InChI=1S/C55H101NO5/c1-3-5-7-9-11-13-15-16-24-28-31-35-39-43-47-53(58)52(51-57)56-54(59)48-44-40-36-32-29-25-22-20-18-17-19-21-23-26-30-34-38-42-46-50-61-55(60)49-45-41-37-33-27-14-12-10-8-6-4-2/h10,12,21,23,26,30,43,47,52-53,57-58H,3-9,11,13-20,22,24-25,27-29,31-42,44-46,48-51H2,1-2H3,(H,56,59)/b12-10-,23-21-,30-26-,47-43+. The van der Waals surface area contributed by atoms with Crippen molar-refractivity contribution < 1.29 is 24.5 Å². The first-order valence-corrected chi connectivity index (χ1v) is 26.4. The predicted molar refractivity (Wildman–Crippen MR) is 264 cm³/mol. The van der Waals surface area contributed by atoms with E-state index >= 15 is 0 Å². The quantitative estimate of drug-likeness (QED) is 0.0245.